The Morgan fingerprint density at radius 2 is 1.76 bits per heavy atom. The number of nitrogens with one attached hydrogen (secondary N) is 1. The van der Waals surface area contributed by atoms with Crippen molar-refractivity contribution < 1.29 is 0 Å². The van der Waals surface area contributed by atoms with E-state index in [0.717, 1.165) is 25.2 Å². The summed E-state index contributed by atoms with van der Waals surface area (Å²) in [7, 11) is 0. The second kappa shape index (κ2) is 6.44. The maximum atomic E-state index is 4.39. The van der Waals surface area contributed by atoms with Crippen molar-refractivity contribution in [3.05, 3.63) is 53.1 Å². The molecule has 1 N–H and O–H groups in total. The monoisotopic (exact) mass is 285 g/mol. The van der Waals surface area contributed by atoms with Gasteiger partial charge in [0.05, 0.1) is 12.0 Å². The maximum absolute atomic E-state index is 4.39. The quantitative estimate of drug-likeness (QED) is 0.911. The molecule has 0 saturated carbocycles. The van der Waals surface area contributed by atoms with Crippen LogP contribution in [0, 0.1) is 13.8 Å². The van der Waals surface area contributed by atoms with Crippen LogP contribution in [0.25, 0.3) is 0 Å². The first-order valence-corrected chi connectivity index (χ1v) is 7.67. The van der Waals surface area contributed by atoms with Gasteiger partial charge in [0.15, 0.2) is 0 Å². The molecule has 3 nitrogen and oxygen atoms in total. The van der Waals surface area contributed by atoms with Crippen LogP contribution in [-0.4, -0.2) is 21.6 Å². The Morgan fingerprint density at radius 1 is 1.10 bits per heavy atom. The van der Waals surface area contributed by atoms with Gasteiger partial charge < -0.3 is 9.88 Å². The minimum Gasteiger partial charge on any atom is -0.330 e. The van der Waals surface area contributed by atoms with E-state index in [1.807, 2.05) is 6.33 Å². The van der Waals surface area contributed by atoms with Gasteiger partial charge in [0, 0.05) is 17.8 Å². The van der Waals surface area contributed by atoms with Crippen molar-refractivity contribution in [2.24, 2.45) is 0 Å². The summed E-state index contributed by atoms with van der Waals surface area (Å²) in [5.74, 6) is 0. The van der Waals surface area contributed by atoms with Crippen molar-refractivity contribution in [2.75, 3.05) is 6.54 Å². The average Bonchev–Trinajstić information content (AvgIpc) is 2.71. The van der Waals surface area contributed by atoms with E-state index in [0.29, 0.717) is 0 Å². The largest absolute Gasteiger partial charge is 0.330 e. The summed E-state index contributed by atoms with van der Waals surface area (Å²) in [5, 5.41) is 3.56. The highest BCUT2D eigenvalue weighted by Crippen LogP contribution is 2.14. The third-order valence-electron chi connectivity index (χ3n) is 3.85. The van der Waals surface area contributed by atoms with E-state index >= 15 is 0 Å². The second-order valence-electron chi connectivity index (χ2n) is 6.74. The molecule has 0 aliphatic carbocycles. The number of hydrogen-bond acceptors (Lipinski definition) is 2. The SMILES string of the molecule is Cc1ncn(Cc2ccccc2CCNC(C)(C)C)c1C. The first-order chi connectivity index (χ1) is 9.87. The zero-order chi connectivity index (χ0) is 15.5. The number of benzene rings is 1. The normalized spacial score (nSPS) is 11.9. The Hall–Kier alpha value is -1.61. The van der Waals surface area contributed by atoms with E-state index in [2.05, 4.69) is 73.8 Å². The van der Waals surface area contributed by atoms with Gasteiger partial charge in [-0.1, -0.05) is 24.3 Å². The molecule has 0 atom stereocenters. The number of imidazole rings is 1. The van der Waals surface area contributed by atoms with Gasteiger partial charge in [-0.2, -0.15) is 0 Å². The van der Waals surface area contributed by atoms with Crippen LogP contribution in [0.3, 0.4) is 0 Å². The number of aryl methyl sites for hydroxylation is 1. The number of rotatable bonds is 5. The van der Waals surface area contributed by atoms with E-state index in [-0.39, 0.29) is 5.54 Å². The highest BCUT2D eigenvalue weighted by Gasteiger charge is 2.10. The topological polar surface area (TPSA) is 29.9 Å². The highest BCUT2D eigenvalue weighted by atomic mass is 15.0. The van der Waals surface area contributed by atoms with E-state index in [1.54, 1.807) is 0 Å². The van der Waals surface area contributed by atoms with Gasteiger partial charge in [-0.3, -0.25) is 0 Å². The molecule has 21 heavy (non-hydrogen) atoms. The van der Waals surface area contributed by atoms with E-state index in [9.17, 15) is 0 Å². The Kier molecular flexibility index (Phi) is 4.84. The molecule has 0 aliphatic rings. The lowest BCUT2D eigenvalue weighted by Gasteiger charge is -2.21. The van der Waals surface area contributed by atoms with Gasteiger partial charge in [0.25, 0.3) is 0 Å². The fourth-order valence-corrected chi connectivity index (χ4v) is 2.41. The number of hydrogen-bond donors (Lipinski definition) is 1. The van der Waals surface area contributed by atoms with Crippen LogP contribution < -0.4 is 5.32 Å². The summed E-state index contributed by atoms with van der Waals surface area (Å²) in [6, 6.07) is 8.71. The minimum atomic E-state index is 0.174. The fraction of sp³-hybridized carbons (Fsp3) is 0.500. The summed E-state index contributed by atoms with van der Waals surface area (Å²) in [6.07, 6.45) is 3.00. The van der Waals surface area contributed by atoms with Crippen LogP contribution in [0.4, 0.5) is 0 Å². The Labute approximate surface area is 128 Å². The highest BCUT2D eigenvalue weighted by molar-refractivity contribution is 5.28. The summed E-state index contributed by atoms with van der Waals surface area (Å²) >= 11 is 0. The van der Waals surface area contributed by atoms with Crippen LogP contribution in [0.5, 0.6) is 0 Å². The van der Waals surface area contributed by atoms with E-state index < -0.39 is 0 Å². The summed E-state index contributed by atoms with van der Waals surface area (Å²) in [6.45, 7) is 12.7. The molecule has 1 aromatic carbocycles. The summed E-state index contributed by atoms with van der Waals surface area (Å²) in [4.78, 5) is 4.39. The molecule has 0 spiro atoms. The molecule has 2 rings (SSSR count). The van der Waals surface area contributed by atoms with Crippen molar-refractivity contribution >= 4 is 0 Å². The van der Waals surface area contributed by atoms with Gasteiger partial charge in [-0.05, 0) is 58.7 Å². The molecule has 1 heterocycles. The Morgan fingerprint density at radius 3 is 2.33 bits per heavy atom. The molecular weight excluding hydrogens is 258 g/mol. The van der Waals surface area contributed by atoms with E-state index in [1.165, 1.54) is 16.8 Å². The molecule has 0 unspecified atom stereocenters. The predicted molar refractivity (Wildman–Crippen MR) is 88.7 cm³/mol. The standard InChI is InChI=1S/C18H27N3/c1-14-15(2)21(13-19-14)12-17-9-7-6-8-16(17)10-11-20-18(3,4)5/h6-9,13,20H,10-12H2,1-5H3. The third-order valence-corrected chi connectivity index (χ3v) is 3.85. The summed E-state index contributed by atoms with van der Waals surface area (Å²) < 4.78 is 2.23. The van der Waals surface area contributed by atoms with Gasteiger partial charge >= 0.3 is 0 Å². The molecule has 2 aromatic rings. The Balaban J connectivity index is 2.08. The second-order valence-corrected chi connectivity index (χ2v) is 6.74. The fourth-order valence-electron chi connectivity index (χ4n) is 2.41. The molecule has 3 heteroatoms. The van der Waals surface area contributed by atoms with Gasteiger partial charge in [0.1, 0.15) is 0 Å². The van der Waals surface area contributed by atoms with Crippen LogP contribution in [0.2, 0.25) is 0 Å². The van der Waals surface area contributed by atoms with Gasteiger partial charge in [-0.25, -0.2) is 4.98 Å². The van der Waals surface area contributed by atoms with Gasteiger partial charge in [0.2, 0.25) is 0 Å². The molecule has 1 aromatic heterocycles. The predicted octanol–water partition coefficient (Wildman–Crippen LogP) is 3.48. The van der Waals surface area contributed by atoms with Crippen LogP contribution in [0.1, 0.15) is 43.3 Å². The van der Waals surface area contributed by atoms with Crippen LogP contribution >= 0.6 is 0 Å². The van der Waals surface area contributed by atoms with Crippen molar-refractivity contribution in [3.63, 3.8) is 0 Å². The lowest BCUT2D eigenvalue weighted by atomic mass is 10.0. The van der Waals surface area contributed by atoms with Gasteiger partial charge in [-0.15, -0.1) is 0 Å². The van der Waals surface area contributed by atoms with Crippen molar-refractivity contribution in [1.82, 2.24) is 14.9 Å². The molecule has 0 amide bonds. The van der Waals surface area contributed by atoms with Crippen molar-refractivity contribution in [1.29, 1.82) is 0 Å². The zero-order valence-electron chi connectivity index (χ0n) is 13.9. The molecule has 114 valence electrons. The zero-order valence-corrected chi connectivity index (χ0v) is 13.9. The van der Waals surface area contributed by atoms with E-state index in [4.69, 9.17) is 0 Å². The Bertz CT molecular complexity index is 591. The first-order valence-electron chi connectivity index (χ1n) is 7.67. The van der Waals surface area contributed by atoms with Crippen molar-refractivity contribution in [3.8, 4) is 0 Å². The molecule has 0 radical (unpaired) electrons. The maximum Gasteiger partial charge on any atom is 0.0954 e. The van der Waals surface area contributed by atoms with Crippen LogP contribution in [0.15, 0.2) is 30.6 Å². The number of nitrogens with zero attached hydrogens (tertiary/aromatic N) is 2. The van der Waals surface area contributed by atoms with Crippen LogP contribution in [-0.2, 0) is 13.0 Å². The molecule has 0 fully saturated rings. The lowest BCUT2D eigenvalue weighted by Crippen LogP contribution is -2.37. The molecule has 0 bridgehead atoms. The first kappa shape index (κ1) is 15.8. The average molecular weight is 285 g/mol. The molecule has 0 aliphatic heterocycles. The summed E-state index contributed by atoms with van der Waals surface area (Å²) in [5.41, 5.74) is 5.33. The smallest absolute Gasteiger partial charge is 0.0954 e. The third kappa shape index (κ3) is 4.43. The molecular formula is C18H27N3. The minimum absolute atomic E-state index is 0.174. The van der Waals surface area contributed by atoms with Crippen molar-refractivity contribution in [2.45, 2.75) is 53.1 Å². The lowest BCUT2D eigenvalue weighted by molar-refractivity contribution is 0.429. The number of aromatic nitrogens is 2. The molecule has 0 saturated heterocycles.